The second-order valence-electron chi connectivity index (χ2n) is 4.02. The molecule has 3 heteroatoms. The van der Waals surface area contributed by atoms with Crippen LogP contribution in [0, 0.1) is 12.8 Å². The molecule has 1 saturated carbocycles. The van der Waals surface area contributed by atoms with Crippen LogP contribution in [0.1, 0.15) is 41.5 Å². The van der Waals surface area contributed by atoms with E-state index in [4.69, 9.17) is 5.73 Å². The van der Waals surface area contributed by atoms with Crippen molar-refractivity contribution in [3.05, 3.63) is 21.9 Å². The molecular formula is C11H18ClNS. The summed E-state index contributed by atoms with van der Waals surface area (Å²) in [6, 6.07) is 4.68. The first-order valence-corrected chi connectivity index (χ1v) is 5.91. The van der Waals surface area contributed by atoms with Crippen LogP contribution in [0.5, 0.6) is 0 Å². The normalized spacial score (nSPS) is 19.3. The van der Waals surface area contributed by atoms with Gasteiger partial charge in [-0.1, -0.05) is 12.8 Å². The van der Waals surface area contributed by atoms with E-state index in [1.54, 1.807) is 0 Å². The summed E-state index contributed by atoms with van der Waals surface area (Å²) in [5, 5.41) is 0. The van der Waals surface area contributed by atoms with Gasteiger partial charge in [-0.05, 0) is 37.8 Å². The molecule has 0 amide bonds. The lowest BCUT2D eigenvalue weighted by Gasteiger charge is -2.16. The highest BCUT2D eigenvalue weighted by Crippen LogP contribution is 2.36. The summed E-state index contributed by atoms with van der Waals surface area (Å²) in [6.07, 6.45) is 5.42. The van der Waals surface area contributed by atoms with Crippen molar-refractivity contribution < 1.29 is 0 Å². The van der Waals surface area contributed by atoms with Crippen LogP contribution in [-0.2, 0) is 0 Å². The van der Waals surface area contributed by atoms with Gasteiger partial charge in [0.2, 0.25) is 0 Å². The first-order valence-electron chi connectivity index (χ1n) is 5.09. The molecule has 1 heterocycles. The van der Waals surface area contributed by atoms with E-state index >= 15 is 0 Å². The van der Waals surface area contributed by atoms with Crippen LogP contribution in [0.25, 0.3) is 0 Å². The molecule has 1 atom stereocenters. The Hall–Kier alpha value is -0.0500. The molecule has 1 aliphatic carbocycles. The summed E-state index contributed by atoms with van der Waals surface area (Å²) in [6.45, 7) is 2.15. The summed E-state index contributed by atoms with van der Waals surface area (Å²) >= 11 is 1.86. The van der Waals surface area contributed by atoms with Crippen molar-refractivity contribution in [3.8, 4) is 0 Å². The minimum absolute atomic E-state index is 0. The maximum Gasteiger partial charge on any atom is 0.0418 e. The van der Waals surface area contributed by atoms with E-state index in [-0.39, 0.29) is 12.4 Å². The van der Waals surface area contributed by atoms with E-state index in [1.165, 1.54) is 35.4 Å². The number of hydrogen-bond acceptors (Lipinski definition) is 2. The van der Waals surface area contributed by atoms with Gasteiger partial charge < -0.3 is 5.73 Å². The largest absolute Gasteiger partial charge is 0.323 e. The van der Waals surface area contributed by atoms with Crippen molar-refractivity contribution in [3.63, 3.8) is 0 Å². The van der Waals surface area contributed by atoms with Crippen molar-refractivity contribution in [2.75, 3.05) is 0 Å². The quantitative estimate of drug-likeness (QED) is 0.826. The number of hydrogen-bond donors (Lipinski definition) is 1. The molecule has 0 bridgehead atoms. The Morgan fingerprint density at radius 3 is 2.50 bits per heavy atom. The Morgan fingerprint density at radius 1 is 1.36 bits per heavy atom. The van der Waals surface area contributed by atoms with Gasteiger partial charge in [0, 0.05) is 15.8 Å². The molecule has 0 unspecified atom stereocenters. The second kappa shape index (κ2) is 5.15. The molecule has 1 fully saturated rings. The maximum atomic E-state index is 6.22. The average Bonchev–Trinajstić information content (AvgIpc) is 2.72. The lowest BCUT2D eigenvalue weighted by Crippen LogP contribution is -2.17. The molecule has 1 aromatic rings. The second-order valence-corrected chi connectivity index (χ2v) is 5.34. The number of thiophene rings is 1. The molecule has 1 aliphatic rings. The van der Waals surface area contributed by atoms with Gasteiger partial charge in [0.1, 0.15) is 0 Å². The SMILES string of the molecule is Cc1ccc([C@H](N)C2CCCC2)s1.Cl. The summed E-state index contributed by atoms with van der Waals surface area (Å²) in [4.78, 5) is 2.76. The minimum Gasteiger partial charge on any atom is -0.323 e. The van der Waals surface area contributed by atoms with E-state index in [1.807, 2.05) is 11.3 Å². The molecule has 0 aromatic carbocycles. The van der Waals surface area contributed by atoms with E-state index in [2.05, 4.69) is 19.1 Å². The Bertz CT molecular complexity index is 279. The molecule has 14 heavy (non-hydrogen) atoms. The molecule has 1 nitrogen and oxygen atoms in total. The van der Waals surface area contributed by atoms with Gasteiger partial charge in [-0.25, -0.2) is 0 Å². The molecular weight excluding hydrogens is 214 g/mol. The molecule has 0 radical (unpaired) electrons. The van der Waals surface area contributed by atoms with Gasteiger partial charge in [0.25, 0.3) is 0 Å². The van der Waals surface area contributed by atoms with Crippen molar-refractivity contribution in [1.29, 1.82) is 0 Å². The first-order chi connectivity index (χ1) is 6.27. The van der Waals surface area contributed by atoms with Gasteiger partial charge >= 0.3 is 0 Å². The highest BCUT2D eigenvalue weighted by atomic mass is 35.5. The van der Waals surface area contributed by atoms with Crippen LogP contribution < -0.4 is 5.73 Å². The van der Waals surface area contributed by atoms with E-state index in [9.17, 15) is 0 Å². The number of nitrogens with two attached hydrogens (primary N) is 1. The third kappa shape index (κ3) is 2.50. The van der Waals surface area contributed by atoms with Gasteiger partial charge in [0.15, 0.2) is 0 Å². The smallest absolute Gasteiger partial charge is 0.0418 e. The first kappa shape index (κ1) is 12.0. The molecule has 0 spiro atoms. The highest BCUT2D eigenvalue weighted by molar-refractivity contribution is 7.12. The number of halogens is 1. The minimum atomic E-state index is 0. The third-order valence-corrected chi connectivity index (χ3v) is 4.10. The number of rotatable bonds is 2. The van der Waals surface area contributed by atoms with Crippen LogP contribution in [0.15, 0.2) is 12.1 Å². The van der Waals surface area contributed by atoms with Gasteiger partial charge in [-0.3, -0.25) is 0 Å². The highest BCUT2D eigenvalue weighted by Gasteiger charge is 2.23. The molecule has 2 N–H and O–H groups in total. The monoisotopic (exact) mass is 231 g/mol. The van der Waals surface area contributed by atoms with E-state index in [0.29, 0.717) is 6.04 Å². The Morgan fingerprint density at radius 2 is 2.00 bits per heavy atom. The van der Waals surface area contributed by atoms with Crippen molar-refractivity contribution in [1.82, 2.24) is 0 Å². The zero-order valence-electron chi connectivity index (χ0n) is 8.53. The van der Waals surface area contributed by atoms with Crippen molar-refractivity contribution >= 4 is 23.7 Å². The van der Waals surface area contributed by atoms with Gasteiger partial charge in [-0.2, -0.15) is 0 Å². The Labute approximate surface area is 96.1 Å². The van der Waals surface area contributed by atoms with Crippen LogP contribution >= 0.6 is 23.7 Å². The molecule has 2 rings (SSSR count). The molecule has 0 saturated heterocycles. The fourth-order valence-electron chi connectivity index (χ4n) is 2.18. The Kier molecular flexibility index (Phi) is 4.42. The fraction of sp³-hybridized carbons (Fsp3) is 0.636. The van der Waals surface area contributed by atoms with Crippen LogP contribution in [0.3, 0.4) is 0 Å². The standard InChI is InChI=1S/C11H17NS.ClH/c1-8-6-7-10(13-8)11(12)9-4-2-3-5-9;/h6-7,9,11H,2-5,12H2,1H3;1H/t11-;/m1./s1. The molecule has 0 aliphatic heterocycles. The van der Waals surface area contributed by atoms with E-state index < -0.39 is 0 Å². The lowest BCUT2D eigenvalue weighted by molar-refractivity contribution is 0.450. The topological polar surface area (TPSA) is 26.0 Å². The fourth-order valence-corrected chi connectivity index (χ4v) is 3.15. The average molecular weight is 232 g/mol. The van der Waals surface area contributed by atoms with Gasteiger partial charge in [0.05, 0.1) is 0 Å². The lowest BCUT2D eigenvalue weighted by atomic mass is 9.98. The molecule has 1 aromatic heterocycles. The molecule has 80 valence electrons. The van der Waals surface area contributed by atoms with Crippen molar-refractivity contribution in [2.24, 2.45) is 11.7 Å². The summed E-state index contributed by atoms with van der Waals surface area (Å²) in [5.41, 5.74) is 6.22. The number of aryl methyl sites for hydroxylation is 1. The summed E-state index contributed by atoms with van der Waals surface area (Å²) in [5.74, 6) is 0.748. The van der Waals surface area contributed by atoms with Crippen LogP contribution in [-0.4, -0.2) is 0 Å². The summed E-state index contributed by atoms with van der Waals surface area (Å²) < 4.78 is 0. The predicted molar refractivity (Wildman–Crippen MR) is 65.2 cm³/mol. The third-order valence-electron chi connectivity index (χ3n) is 3.00. The summed E-state index contributed by atoms with van der Waals surface area (Å²) in [7, 11) is 0. The van der Waals surface area contributed by atoms with Crippen LogP contribution in [0.4, 0.5) is 0 Å². The van der Waals surface area contributed by atoms with Crippen molar-refractivity contribution in [2.45, 2.75) is 38.6 Å². The Balaban J connectivity index is 0.000000980. The zero-order chi connectivity index (χ0) is 9.26. The predicted octanol–water partition coefficient (Wildman–Crippen LogP) is 3.67. The van der Waals surface area contributed by atoms with Gasteiger partial charge in [-0.15, -0.1) is 23.7 Å². The van der Waals surface area contributed by atoms with E-state index in [0.717, 1.165) is 5.92 Å². The zero-order valence-corrected chi connectivity index (χ0v) is 10.2. The maximum absolute atomic E-state index is 6.22. The van der Waals surface area contributed by atoms with Crippen LogP contribution in [0.2, 0.25) is 0 Å².